The minimum atomic E-state index is -0.692. The van der Waals surface area contributed by atoms with Crippen molar-refractivity contribution < 1.29 is 15.0 Å². The molecular weight excluding hydrogens is 384 g/mol. The first kappa shape index (κ1) is 27.5. The highest BCUT2D eigenvalue weighted by Gasteiger charge is 2.19. The molecule has 0 spiro atoms. The van der Waals surface area contributed by atoms with Crippen molar-refractivity contribution in [3.05, 3.63) is 28.8 Å². The summed E-state index contributed by atoms with van der Waals surface area (Å²) in [6, 6.07) is 3.99. The molecule has 0 heterocycles. The summed E-state index contributed by atoms with van der Waals surface area (Å²) in [7, 11) is 0. The summed E-state index contributed by atoms with van der Waals surface area (Å²) in [5, 5.41) is 20.0. The molecule has 31 heavy (non-hydrogen) atoms. The summed E-state index contributed by atoms with van der Waals surface area (Å²) in [4.78, 5) is 11.8. The lowest BCUT2D eigenvalue weighted by atomic mass is 9.90. The number of hydrogen-bond acceptors (Lipinski definition) is 2. The smallest absolute Gasteiger partial charge is 0.306 e. The largest absolute Gasteiger partial charge is 0.507 e. The molecule has 1 unspecified atom stereocenters. The van der Waals surface area contributed by atoms with Gasteiger partial charge in [0, 0.05) is 0 Å². The zero-order chi connectivity index (χ0) is 22.9. The Labute approximate surface area is 191 Å². The molecule has 178 valence electrons. The second kappa shape index (κ2) is 17.1. The maximum atomic E-state index is 11.8. The molecule has 0 aliphatic carbocycles. The molecule has 3 nitrogen and oxygen atoms in total. The SMILES string of the molecule is CCCCCCCCCCCCCCCC(Cc1cc(CC)c(O)c(CC)c1)C(=O)O. The van der Waals surface area contributed by atoms with E-state index in [2.05, 4.69) is 6.92 Å². The van der Waals surface area contributed by atoms with E-state index in [0.29, 0.717) is 12.2 Å². The van der Waals surface area contributed by atoms with Crippen LogP contribution < -0.4 is 0 Å². The molecule has 0 fully saturated rings. The second-order valence-corrected chi connectivity index (χ2v) is 9.24. The number of carboxylic acid groups (broad SMARTS) is 1. The number of benzene rings is 1. The summed E-state index contributed by atoms with van der Waals surface area (Å²) < 4.78 is 0. The Morgan fingerprint density at radius 1 is 0.742 bits per heavy atom. The monoisotopic (exact) mass is 432 g/mol. The zero-order valence-corrected chi connectivity index (χ0v) is 20.6. The van der Waals surface area contributed by atoms with E-state index in [9.17, 15) is 15.0 Å². The van der Waals surface area contributed by atoms with Gasteiger partial charge in [0.1, 0.15) is 5.75 Å². The molecule has 1 rings (SSSR count). The Balaban J connectivity index is 2.24. The number of hydrogen-bond donors (Lipinski definition) is 2. The van der Waals surface area contributed by atoms with E-state index in [-0.39, 0.29) is 5.92 Å². The van der Waals surface area contributed by atoms with E-state index in [1.807, 2.05) is 26.0 Å². The molecule has 3 heteroatoms. The van der Waals surface area contributed by atoms with Crippen molar-refractivity contribution in [3.8, 4) is 5.75 Å². The van der Waals surface area contributed by atoms with Crippen molar-refractivity contribution in [2.24, 2.45) is 5.92 Å². The quantitative estimate of drug-likeness (QED) is 0.216. The van der Waals surface area contributed by atoms with Gasteiger partial charge in [-0.3, -0.25) is 4.79 Å². The van der Waals surface area contributed by atoms with Gasteiger partial charge < -0.3 is 10.2 Å². The van der Waals surface area contributed by atoms with Crippen LogP contribution in [0.4, 0.5) is 0 Å². The highest BCUT2D eigenvalue weighted by Crippen LogP contribution is 2.28. The number of carboxylic acids is 1. The molecule has 0 radical (unpaired) electrons. The lowest BCUT2D eigenvalue weighted by Crippen LogP contribution is -2.16. The fourth-order valence-electron chi connectivity index (χ4n) is 4.49. The second-order valence-electron chi connectivity index (χ2n) is 9.24. The Hall–Kier alpha value is -1.51. The lowest BCUT2D eigenvalue weighted by molar-refractivity contribution is -0.142. The Morgan fingerprint density at radius 3 is 1.55 bits per heavy atom. The zero-order valence-electron chi connectivity index (χ0n) is 20.6. The van der Waals surface area contributed by atoms with E-state index < -0.39 is 5.97 Å². The van der Waals surface area contributed by atoms with Gasteiger partial charge in [0.15, 0.2) is 0 Å². The highest BCUT2D eigenvalue weighted by atomic mass is 16.4. The molecule has 0 saturated heterocycles. The molecule has 0 aromatic heterocycles. The predicted octanol–water partition coefficient (Wildman–Crippen LogP) is 8.24. The standard InChI is InChI=1S/C28H48O3/c1-4-7-8-9-10-11-12-13-14-15-16-17-18-19-26(28(30)31)22-23-20-24(5-2)27(29)25(6-3)21-23/h20-21,26,29H,4-19,22H2,1-3H3,(H,30,31). The molecule has 0 aliphatic rings. The van der Waals surface area contributed by atoms with Crippen LogP contribution in [0.3, 0.4) is 0 Å². The average molecular weight is 433 g/mol. The summed E-state index contributed by atoms with van der Waals surface area (Å²) >= 11 is 0. The molecular formula is C28H48O3. The summed E-state index contributed by atoms with van der Waals surface area (Å²) in [6.07, 6.45) is 19.8. The molecule has 2 N–H and O–H groups in total. The van der Waals surface area contributed by atoms with E-state index in [1.165, 1.54) is 70.6 Å². The van der Waals surface area contributed by atoms with Crippen LogP contribution in [0.1, 0.15) is 127 Å². The molecule has 1 aromatic carbocycles. The first-order chi connectivity index (χ1) is 15.0. The maximum Gasteiger partial charge on any atom is 0.306 e. The van der Waals surface area contributed by atoms with Crippen LogP contribution in [0.2, 0.25) is 0 Å². The number of aliphatic carboxylic acids is 1. The third-order valence-corrected chi connectivity index (χ3v) is 6.58. The number of aromatic hydroxyl groups is 1. The molecule has 1 aromatic rings. The van der Waals surface area contributed by atoms with Crippen molar-refractivity contribution in [1.82, 2.24) is 0 Å². The fourth-order valence-corrected chi connectivity index (χ4v) is 4.49. The minimum absolute atomic E-state index is 0.327. The van der Waals surface area contributed by atoms with Gasteiger partial charge in [-0.25, -0.2) is 0 Å². The van der Waals surface area contributed by atoms with Gasteiger partial charge in [-0.1, -0.05) is 116 Å². The van der Waals surface area contributed by atoms with Crippen LogP contribution in [0.5, 0.6) is 5.75 Å². The van der Waals surface area contributed by atoms with Crippen molar-refractivity contribution in [2.75, 3.05) is 0 Å². The minimum Gasteiger partial charge on any atom is -0.507 e. The van der Waals surface area contributed by atoms with Crippen molar-refractivity contribution in [2.45, 2.75) is 130 Å². The highest BCUT2D eigenvalue weighted by molar-refractivity contribution is 5.70. The summed E-state index contributed by atoms with van der Waals surface area (Å²) in [5.74, 6) is -0.633. The van der Waals surface area contributed by atoms with Gasteiger partial charge in [-0.05, 0) is 42.4 Å². The van der Waals surface area contributed by atoms with Gasteiger partial charge in [0.05, 0.1) is 5.92 Å². The van der Waals surface area contributed by atoms with E-state index >= 15 is 0 Å². The van der Waals surface area contributed by atoms with Crippen molar-refractivity contribution >= 4 is 5.97 Å². The number of phenols is 1. The first-order valence-electron chi connectivity index (χ1n) is 13.1. The topological polar surface area (TPSA) is 57.5 Å². The van der Waals surface area contributed by atoms with Crippen LogP contribution in [0, 0.1) is 5.92 Å². The van der Waals surface area contributed by atoms with E-state index in [4.69, 9.17) is 0 Å². The van der Waals surface area contributed by atoms with Crippen LogP contribution >= 0.6 is 0 Å². The van der Waals surface area contributed by atoms with Gasteiger partial charge in [0.2, 0.25) is 0 Å². The summed E-state index contributed by atoms with van der Waals surface area (Å²) in [5.41, 5.74) is 2.91. The molecule has 0 aliphatic heterocycles. The third kappa shape index (κ3) is 11.6. The Kier molecular flexibility index (Phi) is 15.2. The van der Waals surface area contributed by atoms with Crippen molar-refractivity contribution in [3.63, 3.8) is 0 Å². The van der Waals surface area contributed by atoms with E-state index in [1.54, 1.807) is 0 Å². The number of rotatable bonds is 19. The Bertz CT molecular complexity index is 583. The van der Waals surface area contributed by atoms with Crippen LogP contribution in [-0.2, 0) is 24.1 Å². The van der Waals surface area contributed by atoms with Gasteiger partial charge in [0.25, 0.3) is 0 Å². The number of unbranched alkanes of at least 4 members (excludes halogenated alkanes) is 12. The maximum absolute atomic E-state index is 11.8. The van der Waals surface area contributed by atoms with Crippen LogP contribution in [0.15, 0.2) is 12.1 Å². The van der Waals surface area contributed by atoms with Gasteiger partial charge in [-0.2, -0.15) is 0 Å². The number of phenolic OH excluding ortho intramolecular Hbond substituents is 1. The Morgan fingerprint density at radius 2 is 1.16 bits per heavy atom. The first-order valence-corrected chi connectivity index (χ1v) is 13.1. The van der Waals surface area contributed by atoms with Crippen LogP contribution in [0.25, 0.3) is 0 Å². The van der Waals surface area contributed by atoms with Crippen molar-refractivity contribution in [1.29, 1.82) is 0 Å². The normalized spacial score (nSPS) is 12.2. The average Bonchev–Trinajstić information content (AvgIpc) is 2.76. The summed E-state index contributed by atoms with van der Waals surface area (Å²) in [6.45, 7) is 6.32. The fraction of sp³-hybridized carbons (Fsp3) is 0.750. The molecule has 0 bridgehead atoms. The molecule has 0 amide bonds. The van der Waals surface area contributed by atoms with Gasteiger partial charge in [-0.15, -0.1) is 0 Å². The van der Waals surface area contributed by atoms with Gasteiger partial charge >= 0.3 is 5.97 Å². The van der Waals surface area contributed by atoms with E-state index in [0.717, 1.165) is 48.8 Å². The third-order valence-electron chi connectivity index (χ3n) is 6.58. The predicted molar refractivity (Wildman–Crippen MR) is 132 cm³/mol. The number of carbonyl (C=O) groups is 1. The van der Waals surface area contributed by atoms with Crippen LogP contribution in [-0.4, -0.2) is 16.2 Å². The number of aryl methyl sites for hydroxylation is 2. The lowest BCUT2D eigenvalue weighted by Gasteiger charge is -2.15. The molecule has 0 saturated carbocycles. The molecule has 1 atom stereocenters.